The van der Waals surface area contributed by atoms with Gasteiger partial charge in [-0.3, -0.25) is 0 Å². The molecule has 0 aliphatic heterocycles. The third-order valence-corrected chi connectivity index (χ3v) is 4.80. The first-order valence-electron chi connectivity index (χ1n) is 6.72. The van der Waals surface area contributed by atoms with Crippen molar-refractivity contribution < 1.29 is 13.5 Å². The van der Waals surface area contributed by atoms with Gasteiger partial charge in [0.2, 0.25) is 10.0 Å². The molecule has 2 aromatic rings. The van der Waals surface area contributed by atoms with E-state index in [-0.39, 0.29) is 11.4 Å². The van der Waals surface area contributed by atoms with E-state index in [9.17, 15) is 13.5 Å². The standard InChI is InChI=1S/C16H19NO3S/c1-12-5-3-4-6-15(12)11-17-21(19,20)16-9-7-14(8-10-16)13(2)18/h3-10,13,17-18H,11H2,1-2H3. The lowest BCUT2D eigenvalue weighted by atomic mass is 10.1. The number of hydrogen-bond donors (Lipinski definition) is 2. The van der Waals surface area contributed by atoms with Gasteiger partial charge < -0.3 is 5.11 Å². The largest absolute Gasteiger partial charge is 0.389 e. The molecule has 2 aromatic carbocycles. The van der Waals surface area contributed by atoms with Crippen LogP contribution in [0.4, 0.5) is 0 Å². The lowest BCUT2D eigenvalue weighted by molar-refractivity contribution is 0.199. The van der Waals surface area contributed by atoms with Crippen LogP contribution in [-0.4, -0.2) is 13.5 Å². The van der Waals surface area contributed by atoms with Crippen molar-refractivity contribution in [3.05, 3.63) is 65.2 Å². The van der Waals surface area contributed by atoms with Crippen LogP contribution in [0.15, 0.2) is 53.4 Å². The van der Waals surface area contributed by atoms with E-state index in [1.807, 2.05) is 31.2 Å². The number of aryl methyl sites for hydroxylation is 1. The molecule has 0 bridgehead atoms. The van der Waals surface area contributed by atoms with Gasteiger partial charge >= 0.3 is 0 Å². The number of sulfonamides is 1. The molecule has 1 atom stereocenters. The van der Waals surface area contributed by atoms with Crippen LogP contribution in [0.5, 0.6) is 0 Å². The summed E-state index contributed by atoms with van der Waals surface area (Å²) in [6.07, 6.45) is -0.610. The van der Waals surface area contributed by atoms with Crippen molar-refractivity contribution in [2.45, 2.75) is 31.4 Å². The van der Waals surface area contributed by atoms with E-state index in [4.69, 9.17) is 0 Å². The predicted octanol–water partition coefficient (Wildman–Crippen LogP) is 2.53. The van der Waals surface area contributed by atoms with Crippen molar-refractivity contribution in [1.82, 2.24) is 4.72 Å². The lowest BCUT2D eigenvalue weighted by Gasteiger charge is -2.10. The first-order chi connectivity index (χ1) is 9.90. The maximum Gasteiger partial charge on any atom is 0.240 e. The van der Waals surface area contributed by atoms with Gasteiger partial charge in [0, 0.05) is 6.54 Å². The number of aliphatic hydroxyl groups excluding tert-OH is 1. The summed E-state index contributed by atoms with van der Waals surface area (Å²) in [4.78, 5) is 0.195. The maximum absolute atomic E-state index is 12.2. The normalized spacial score (nSPS) is 13.1. The Balaban J connectivity index is 2.13. The Labute approximate surface area is 125 Å². The predicted molar refractivity (Wildman–Crippen MR) is 82.3 cm³/mol. The van der Waals surface area contributed by atoms with E-state index in [1.54, 1.807) is 19.1 Å². The SMILES string of the molecule is Cc1ccccc1CNS(=O)(=O)c1ccc(C(C)O)cc1. The van der Waals surface area contributed by atoms with Gasteiger partial charge in [-0.05, 0) is 42.7 Å². The summed E-state index contributed by atoms with van der Waals surface area (Å²) in [5.74, 6) is 0. The number of nitrogens with one attached hydrogen (secondary N) is 1. The van der Waals surface area contributed by atoms with E-state index >= 15 is 0 Å². The molecule has 0 spiro atoms. The Morgan fingerprint density at radius 2 is 1.71 bits per heavy atom. The molecule has 112 valence electrons. The summed E-state index contributed by atoms with van der Waals surface area (Å²) in [6, 6.07) is 13.9. The summed E-state index contributed by atoms with van der Waals surface area (Å²) in [7, 11) is -3.55. The van der Waals surface area contributed by atoms with Crippen LogP contribution in [0.25, 0.3) is 0 Å². The second kappa shape index (κ2) is 6.39. The summed E-state index contributed by atoms with van der Waals surface area (Å²) >= 11 is 0. The average Bonchev–Trinajstić information content (AvgIpc) is 2.46. The van der Waals surface area contributed by atoms with E-state index in [0.29, 0.717) is 5.56 Å². The molecule has 0 aliphatic rings. The summed E-state index contributed by atoms with van der Waals surface area (Å²) in [5.41, 5.74) is 2.68. The van der Waals surface area contributed by atoms with Crippen molar-refractivity contribution >= 4 is 10.0 Å². The molecule has 0 aromatic heterocycles. The molecule has 4 nitrogen and oxygen atoms in total. The van der Waals surface area contributed by atoms with Crippen molar-refractivity contribution in [2.75, 3.05) is 0 Å². The Hall–Kier alpha value is -1.69. The number of aliphatic hydroxyl groups is 1. The van der Waals surface area contributed by atoms with E-state index in [2.05, 4.69) is 4.72 Å². The third kappa shape index (κ3) is 3.91. The molecule has 2 N–H and O–H groups in total. The van der Waals surface area contributed by atoms with Gasteiger partial charge in [0.25, 0.3) is 0 Å². The highest BCUT2D eigenvalue weighted by molar-refractivity contribution is 7.89. The molecule has 0 saturated heterocycles. The molecule has 0 radical (unpaired) electrons. The zero-order valence-electron chi connectivity index (χ0n) is 12.1. The summed E-state index contributed by atoms with van der Waals surface area (Å²) in [6.45, 7) is 3.84. The molecule has 0 aliphatic carbocycles. The second-order valence-corrected chi connectivity index (χ2v) is 6.76. The topological polar surface area (TPSA) is 66.4 Å². The van der Waals surface area contributed by atoms with Crippen LogP contribution in [-0.2, 0) is 16.6 Å². The molecule has 5 heteroatoms. The van der Waals surface area contributed by atoms with Crippen LogP contribution in [0, 0.1) is 6.92 Å². The molecule has 21 heavy (non-hydrogen) atoms. The second-order valence-electron chi connectivity index (χ2n) is 5.00. The number of hydrogen-bond acceptors (Lipinski definition) is 3. The smallest absolute Gasteiger partial charge is 0.240 e. The molecule has 0 heterocycles. The Morgan fingerprint density at radius 1 is 1.10 bits per heavy atom. The fourth-order valence-corrected chi connectivity index (χ4v) is 3.00. The van der Waals surface area contributed by atoms with Crippen LogP contribution < -0.4 is 4.72 Å². The fourth-order valence-electron chi connectivity index (χ4n) is 1.99. The van der Waals surface area contributed by atoms with Gasteiger partial charge in [-0.15, -0.1) is 0 Å². The highest BCUT2D eigenvalue weighted by atomic mass is 32.2. The van der Waals surface area contributed by atoms with E-state index in [1.165, 1.54) is 12.1 Å². The van der Waals surface area contributed by atoms with Crippen LogP contribution in [0.1, 0.15) is 29.7 Å². The zero-order chi connectivity index (χ0) is 15.5. The van der Waals surface area contributed by atoms with E-state index < -0.39 is 16.1 Å². The fraction of sp³-hybridized carbons (Fsp3) is 0.250. The first-order valence-corrected chi connectivity index (χ1v) is 8.20. The van der Waals surface area contributed by atoms with Crippen molar-refractivity contribution in [3.8, 4) is 0 Å². The summed E-state index contributed by atoms with van der Waals surface area (Å²) in [5, 5.41) is 9.43. The van der Waals surface area contributed by atoms with Crippen molar-refractivity contribution in [2.24, 2.45) is 0 Å². The zero-order valence-corrected chi connectivity index (χ0v) is 12.9. The molecule has 0 amide bonds. The highest BCUT2D eigenvalue weighted by Gasteiger charge is 2.14. The molecule has 0 saturated carbocycles. The highest BCUT2D eigenvalue weighted by Crippen LogP contribution is 2.16. The quantitative estimate of drug-likeness (QED) is 0.892. The molecular weight excluding hydrogens is 286 g/mol. The van der Waals surface area contributed by atoms with Gasteiger partial charge in [0.05, 0.1) is 11.0 Å². The Kier molecular flexibility index (Phi) is 4.77. The molecule has 1 unspecified atom stereocenters. The Morgan fingerprint density at radius 3 is 2.29 bits per heavy atom. The maximum atomic E-state index is 12.2. The van der Waals surface area contributed by atoms with Crippen LogP contribution in [0.3, 0.4) is 0 Å². The van der Waals surface area contributed by atoms with Crippen LogP contribution in [0.2, 0.25) is 0 Å². The van der Waals surface area contributed by atoms with Crippen molar-refractivity contribution in [1.29, 1.82) is 0 Å². The van der Waals surface area contributed by atoms with Gasteiger partial charge in [-0.25, -0.2) is 13.1 Å². The van der Waals surface area contributed by atoms with Gasteiger partial charge in [-0.1, -0.05) is 36.4 Å². The molecular formula is C16H19NO3S. The minimum atomic E-state index is -3.55. The first kappa shape index (κ1) is 15.7. The lowest BCUT2D eigenvalue weighted by Crippen LogP contribution is -2.23. The van der Waals surface area contributed by atoms with Gasteiger partial charge in [-0.2, -0.15) is 0 Å². The summed E-state index contributed by atoms with van der Waals surface area (Å²) < 4.78 is 27.0. The van der Waals surface area contributed by atoms with E-state index in [0.717, 1.165) is 11.1 Å². The van der Waals surface area contributed by atoms with Crippen molar-refractivity contribution in [3.63, 3.8) is 0 Å². The average molecular weight is 305 g/mol. The van der Waals surface area contributed by atoms with Gasteiger partial charge in [0.15, 0.2) is 0 Å². The minimum Gasteiger partial charge on any atom is -0.389 e. The molecule has 2 rings (SSSR count). The number of rotatable bonds is 5. The van der Waals surface area contributed by atoms with Crippen LogP contribution >= 0.6 is 0 Å². The number of benzene rings is 2. The minimum absolute atomic E-state index is 0.195. The monoisotopic (exact) mass is 305 g/mol. The third-order valence-electron chi connectivity index (χ3n) is 3.39. The Bertz CT molecular complexity index is 707. The van der Waals surface area contributed by atoms with Gasteiger partial charge in [0.1, 0.15) is 0 Å². The molecule has 0 fully saturated rings.